The first kappa shape index (κ1) is 15.6. The molecule has 0 aliphatic carbocycles. The molecule has 7 heteroatoms. The highest BCUT2D eigenvalue weighted by Gasteiger charge is 2.15. The zero-order chi connectivity index (χ0) is 15.5. The maximum absolute atomic E-state index is 13.2. The zero-order valence-corrected chi connectivity index (χ0v) is 12.5. The standard InChI is InChI=1S/C14H13ClFNO3S/c15-8-7-10-1-4-12(5-2-10)21(19,20)17-11-3-6-14(18)13(16)9-11/h1-6,9,17-18H,7-8H2. The number of anilines is 1. The van der Waals surface area contributed by atoms with Crippen LogP contribution in [0.4, 0.5) is 10.1 Å². The molecule has 21 heavy (non-hydrogen) atoms. The van der Waals surface area contributed by atoms with E-state index >= 15 is 0 Å². The van der Waals surface area contributed by atoms with Crippen molar-refractivity contribution >= 4 is 27.3 Å². The molecule has 0 aliphatic rings. The summed E-state index contributed by atoms with van der Waals surface area (Å²) >= 11 is 5.61. The number of hydrogen-bond acceptors (Lipinski definition) is 3. The second kappa shape index (κ2) is 6.32. The van der Waals surface area contributed by atoms with Crippen LogP contribution >= 0.6 is 11.6 Å². The zero-order valence-electron chi connectivity index (χ0n) is 10.9. The van der Waals surface area contributed by atoms with E-state index in [9.17, 15) is 12.8 Å². The van der Waals surface area contributed by atoms with Crippen molar-refractivity contribution in [3.05, 3.63) is 53.8 Å². The molecule has 112 valence electrons. The number of benzene rings is 2. The minimum Gasteiger partial charge on any atom is -0.505 e. The summed E-state index contributed by atoms with van der Waals surface area (Å²) < 4.78 is 39.7. The molecule has 0 radical (unpaired) electrons. The number of nitrogens with one attached hydrogen (secondary N) is 1. The molecular weight excluding hydrogens is 317 g/mol. The highest BCUT2D eigenvalue weighted by molar-refractivity contribution is 7.92. The Balaban J connectivity index is 2.23. The van der Waals surface area contributed by atoms with Crippen LogP contribution in [0.5, 0.6) is 5.75 Å². The van der Waals surface area contributed by atoms with Crippen molar-refractivity contribution in [2.75, 3.05) is 10.6 Å². The Bertz CT molecular complexity index is 732. The number of aryl methyl sites for hydroxylation is 1. The van der Waals surface area contributed by atoms with Crippen molar-refractivity contribution in [2.45, 2.75) is 11.3 Å². The highest BCUT2D eigenvalue weighted by Crippen LogP contribution is 2.22. The smallest absolute Gasteiger partial charge is 0.261 e. The lowest BCUT2D eigenvalue weighted by Gasteiger charge is -2.09. The Labute approximate surface area is 127 Å². The molecule has 0 saturated heterocycles. The first-order valence-corrected chi connectivity index (χ1v) is 8.10. The second-order valence-electron chi connectivity index (χ2n) is 4.35. The van der Waals surface area contributed by atoms with E-state index in [4.69, 9.17) is 16.7 Å². The van der Waals surface area contributed by atoms with Gasteiger partial charge in [-0.05, 0) is 36.2 Å². The summed E-state index contributed by atoms with van der Waals surface area (Å²) in [4.78, 5) is 0.0642. The van der Waals surface area contributed by atoms with E-state index in [-0.39, 0.29) is 10.6 Å². The van der Waals surface area contributed by atoms with Gasteiger partial charge in [0.25, 0.3) is 10.0 Å². The van der Waals surface area contributed by atoms with Crippen molar-refractivity contribution in [1.82, 2.24) is 0 Å². The monoisotopic (exact) mass is 329 g/mol. The summed E-state index contributed by atoms with van der Waals surface area (Å²) in [6.45, 7) is 0. The van der Waals surface area contributed by atoms with Crippen molar-refractivity contribution in [3.63, 3.8) is 0 Å². The third-order valence-electron chi connectivity index (χ3n) is 2.82. The van der Waals surface area contributed by atoms with E-state index in [1.54, 1.807) is 12.1 Å². The van der Waals surface area contributed by atoms with Crippen molar-refractivity contribution in [3.8, 4) is 5.75 Å². The van der Waals surface area contributed by atoms with Gasteiger partial charge in [-0.3, -0.25) is 4.72 Å². The van der Waals surface area contributed by atoms with Gasteiger partial charge in [0, 0.05) is 11.9 Å². The predicted molar refractivity (Wildman–Crippen MR) is 79.7 cm³/mol. The Hall–Kier alpha value is -1.79. The highest BCUT2D eigenvalue weighted by atomic mass is 35.5. The summed E-state index contributed by atoms with van der Waals surface area (Å²) in [5.41, 5.74) is 0.967. The van der Waals surface area contributed by atoms with Gasteiger partial charge in [0.2, 0.25) is 0 Å². The number of rotatable bonds is 5. The lowest BCUT2D eigenvalue weighted by molar-refractivity contribution is 0.432. The van der Waals surface area contributed by atoms with Gasteiger partial charge in [0.05, 0.1) is 10.6 Å². The lowest BCUT2D eigenvalue weighted by atomic mass is 10.2. The maximum Gasteiger partial charge on any atom is 0.261 e. The van der Waals surface area contributed by atoms with Crippen LogP contribution < -0.4 is 4.72 Å². The van der Waals surface area contributed by atoms with Crippen LogP contribution in [0.15, 0.2) is 47.4 Å². The van der Waals surface area contributed by atoms with Crippen molar-refractivity contribution < 1.29 is 17.9 Å². The number of sulfonamides is 1. The number of phenolic OH excluding ortho intramolecular Hbond substituents is 1. The summed E-state index contributed by atoms with van der Waals surface area (Å²) in [6, 6.07) is 9.54. The molecule has 4 nitrogen and oxygen atoms in total. The Kier molecular flexibility index (Phi) is 4.69. The van der Waals surface area contributed by atoms with E-state index in [0.29, 0.717) is 12.3 Å². The van der Waals surface area contributed by atoms with Gasteiger partial charge in [0.1, 0.15) is 0 Å². The second-order valence-corrected chi connectivity index (χ2v) is 6.41. The number of alkyl halides is 1. The molecule has 0 aliphatic heterocycles. The summed E-state index contributed by atoms with van der Waals surface area (Å²) in [5, 5.41) is 9.08. The molecule has 0 saturated carbocycles. The SMILES string of the molecule is O=S(=O)(Nc1ccc(O)c(F)c1)c1ccc(CCCl)cc1. The van der Waals surface area contributed by atoms with Crippen LogP contribution in [0, 0.1) is 5.82 Å². The molecule has 2 rings (SSSR count). The molecule has 0 heterocycles. The molecule has 2 aromatic rings. The van der Waals surface area contributed by atoms with Gasteiger partial charge in [0.15, 0.2) is 11.6 Å². The third-order valence-corrected chi connectivity index (χ3v) is 4.40. The molecule has 0 unspecified atom stereocenters. The number of phenols is 1. The lowest BCUT2D eigenvalue weighted by Crippen LogP contribution is -2.13. The Morgan fingerprint density at radius 2 is 1.81 bits per heavy atom. The van der Waals surface area contributed by atoms with Crippen LogP contribution in [0.2, 0.25) is 0 Å². The third kappa shape index (κ3) is 3.86. The summed E-state index contributed by atoms with van der Waals surface area (Å²) in [7, 11) is -3.81. The fourth-order valence-electron chi connectivity index (χ4n) is 1.73. The molecule has 0 aromatic heterocycles. The molecule has 2 aromatic carbocycles. The predicted octanol–water partition coefficient (Wildman–Crippen LogP) is 3.11. The van der Waals surface area contributed by atoms with Gasteiger partial charge in [-0.2, -0.15) is 0 Å². The number of aromatic hydroxyl groups is 1. The summed E-state index contributed by atoms with van der Waals surface area (Å²) in [5.74, 6) is -0.979. The average molecular weight is 330 g/mol. The minimum atomic E-state index is -3.81. The Morgan fingerprint density at radius 1 is 1.14 bits per heavy atom. The van der Waals surface area contributed by atoms with E-state index in [2.05, 4.69) is 4.72 Å². The van der Waals surface area contributed by atoms with Gasteiger partial charge < -0.3 is 5.11 Å². The molecule has 2 N–H and O–H groups in total. The van der Waals surface area contributed by atoms with Gasteiger partial charge in [-0.25, -0.2) is 12.8 Å². The first-order valence-electron chi connectivity index (χ1n) is 6.08. The summed E-state index contributed by atoms with van der Waals surface area (Å²) in [6.07, 6.45) is 0.651. The largest absolute Gasteiger partial charge is 0.505 e. The van der Waals surface area contributed by atoms with Gasteiger partial charge in [-0.1, -0.05) is 12.1 Å². The van der Waals surface area contributed by atoms with Crippen LogP contribution in [0.1, 0.15) is 5.56 Å². The average Bonchev–Trinajstić information content (AvgIpc) is 2.44. The van der Waals surface area contributed by atoms with E-state index in [1.165, 1.54) is 18.2 Å². The van der Waals surface area contributed by atoms with Gasteiger partial charge in [-0.15, -0.1) is 11.6 Å². The van der Waals surface area contributed by atoms with Gasteiger partial charge >= 0.3 is 0 Å². The first-order chi connectivity index (χ1) is 9.92. The maximum atomic E-state index is 13.2. The minimum absolute atomic E-state index is 0.0372. The topological polar surface area (TPSA) is 66.4 Å². The van der Waals surface area contributed by atoms with Crippen LogP contribution in [-0.2, 0) is 16.4 Å². The molecule has 0 fully saturated rings. The molecule has 0 atom stereocenters. The van der Waals surface area contributed by atoms with E-state index < -0.39 is 21.6 Å². The fourth-order valence-corrected chi connectivity index (χ4v) is 3.00. The molecular formula is C14H13ClFNO3S. The quantitative estimate of drug-likeness (QED) is 0.654. The van der Waals surface area contributed by atoms with E-state index in [0.717, 1.165) is 17.7 Å². The van der Waals surface area contributed by atoms with E-state index in [1.807, 2.05) is 0 Å². The van der Waals surface area contributed by atoms with Crippen molar-refractivity contribution in [1.29, 1.82) is 0 Å². The molecule has 0 amide bonds. The normalized spacial score (nSPS) is 11.3. The van der Waals surface area contributed by atoms with Crippen molar-refractivity contribution in [2.24, 2.45) is 0 Å². The van der Waals surface area contributed by atoms with Crippen LogP contribution in [-0.4, -0.2) is 19.4 Å². The van der Waals surface area contributed by atoms with Crippen LogP contribution in [0.25, 0.3) is 0 Å². The number of hydrogen-bond donors (Lipinski definition) is 2. The molecule has 0 bridgehead atoms. The number of halogens is 2. The Morgan fingerprint density at radius 3 is 2.38 bits per heavy atom. The fraction of sp³-hybridized carbons (Fsp3) is 0.143. The molecule has 0 spiro atoms. The van der Waals surface area contributed by atoms with Crippen LogP contribution in [0.3, 0.4) is 0 Å².